The molecule has 1 aromatic carbocycles. The molecule has 0 heterocycles. The summed E-state index contributed by atoms with van der Waals surface area (Å²) in [6.07, 6.45) is 2.19. The van der Waals surface area contributed by atoms with Crippen LogP contribution >= 0.6 is 0 Å². The van der Waals surface area contributed by atoms with E-state index in [0.29, 0.717) is 41.5 Å². The van der Waals surface area contributed by atoms with Gasteiger partial charge in [0.1, 0.15) is 0 Å². The highest BCUT2D eigenvalue weighted by molar-refractivity contribution is 5.88. The third-order valence-corrected chi connectivity index (χ3v) is 3.00. The Kier molecular flexibility index (Phi) is 7.08. The average molecular weight is 309 g/mol. The Morgan fingerprint density at radius 2 is 1.68 bits per heavy atom. The number of rotatable bonds is 8. The molecule has 22 heavy (non-hydrogen) atoms. The summed E-state index contributed by atoms with van der Waals surface area (Å²) in [4.78, 5) is 11.7. The van der Waals surface area contributed by atoms with Crippen molar-refractivity contribution < 1.29 is 23.7 Å². The number of carbonyl (C=O) groups excluding carboxylic acids is 1. The van der Waals surface area contributed by atoms with Crippen molar-refractivity contribution in [2.24, 2.45) is 0 Å². The molecule has 0 aromatic heterocycles. The minimum Gasteiger partial charge on any atom is -0.493 e. The van der Waals surface area contributed by atoms with Crippen molar-refractivity contribution in [3.8, 4) is 17.2 Å². The van der Waals surface area contributed by atoms with Crippen LogP contribution in [-0.4, -0.2) is 33.9 Å². The second-order valence-corrected chi connectivity index (χ2v) is 4.30. The smallest absolute Gasteiger partial charge is 0.335 e. The molecule has 0 saturated carbocycles. The largest absolute Gasteiger partial charge is 0.493 e. The molecule has 0 unspecified atom stereocenters. The van der Waals surface area contributed by atoms with Crippen LogP contribution in [0.15, 0.2) is 23.9 Å². The highest BCUT2D eigenvalue weighted by Gasteiger charge is 2.13. The minimum absolute atomic E-state index is 0.329. The number of hydrogen-bond acceptors (Lipinski definition) is 6. The lowest BCUT2D eigenvalue weighted by atomic mass is 10.2. The molecule has 0 radical (unpaired) electrons. The molecular weight excluding hydrogens is 286 g/mol. The van der Waals surface area contributed by atoms with Gasteiger partial charge in [-0.05, 0) is 13.3 Å². The zero-order valence-electron chi connectivity index (χ0n) is 13.7. The summed E-state index contributed by atoms with van der Waals surface area (Å²) in [7, 11) is 4.64. The number of carbonyl (C=O) groups is 1. The van der Waals surface area contributed by atoms with Gasteiger partial charge in [-0.25, -0.2) is 4.79 Å². The van der Waals surface area contributed by atoms with Crippen molar-refractivity contribution in [1.29, 1.82) is 0 Å². The minimum atomic E-state index is -0.329. The monoisotopic (exact) mass is 309 g/mol. The molecule has 0 amide bonds. The van der Waals surface area contributed by atoms with Crippen LogP contribution in [0.1, 0.15) is 20.3 Å². The molecule has 0 atom stereocenters. The molecule has 0 spiro atoms. The lowest BCUT2D eigenvalue weighted by molar-refractivity contribution is -0.138. The molecule has 6 nitrogen and oxygen atoms in total. The van der Waals surface area contributed by atoms with Gasteiger partial charge in [0.05, 0.1) is 33.5 Å². The Bertz CT molecular complexity index is 514. The maximum Gasteiger partial charge on any atom is 0.335 e. The first-order valence-electron chi connectivity index (χ1n) is 7.03. The van der Waals surface area contributed by atoms with Gasteiger partial charge < -0.3 is 24.3 Å². The molecule has 0 aliphatic carbocycles. The van der Waals surface area contributed by atoms with Crippen LogP contribution < -0.4 is 19.5 Å². The van der Waals surface area contributed by atoms with E-state index in [9.17, 15) is 4.79 Å². The van der Waals surface area contributed by atoms with E-state index in [-0.39, 0.29) is 5.97 Å². The van der Waals surface area contributed by atoms with Crippen LogP contribution in [0.5, 0.6) is 17.2 Å². The second kappa shape index (κ2) is 8.81. The van der Waals surface area contributed by atoms with Gasteiger partial charge in [-0.1, -0.05) is 6.92 Å². The zero-order chi connectivity index (χ0) is 16.5. The Balaban J connectivity index is 3.04. The molecule has 0 fully saturated rings. The van der Waals surface area contributed by atoms with E-state index in [1.807, 2.05) is 6.92 Å². The van der Waals surface area contributed by atoms with E-state index in [4.69, 9.17) is 18.9 Å². The van der Waals surface area contributed by atoms with Crippen LogP contribution in [0.2, 0.25) is 0 Å². The Morgan fingerprint density at radius 3 is 2.09 bits per heavy atom. The molecule has 0 bridgehead atoms. The molecular formula is C16H23NO5. The third kappa shape index (κ3) is 4.31. The van der Waals surface area contributed by atoms with Gasteiger partial charge in [-0.2, -0.15) is 0 Å². The summed E-state index contributed by atoms with van der Waals surface area (Å²) in [6, 6.07) is 3.52. The van der Waals surface area contributed by atoms with E-state index >= 15 is 0 Å². The number of methoxy groups -OCH3 is 3. The summed E-state index contributed by atoms with van der Waals surface area (Å²) in [5.74, 6) is 1.25. The van der Waals surface area contributed by atoms with Gasteiger partial charge in [0, 0.05) is 24.0 Å². The number of anilines is 1. The SMILES string of the molecule is CCOC(=O)/C(=C/Nc1cc(OC)c(OC)c(OC)c1)CC. The first kappa shape index (κ1) is 17.7. The standard InChI is InChI=1S/C16H23NO5/c1-6-11(16(18)22-7-2)10-17-12-8-13(19-3)15(21-5)14(9-12)20-4/h8-10,17H,6-7H2,1-5H3/b11-10+. The topological polar surface area (TPSA) is 66.0 Å². The van der Waals surface area contributed by atoms with Crippen LogP contribution in [0.25, 0.3) is 0 Å². The number of benzene rings is 1. The van der Waals surface area contributed by atoms with Gasteiger partial charge in [0.25, 0.3) is 0 Å². The van der Waals surface area contributed by atoms with Gasteiger partial charge in [0.2, 0.25) is 5.75 Å². The fourth-order valence-electron chi connectivity index (χ4n) is 1.86. The predicted octanol–water partition coefficient (Wildman–Crippen LogP) is 2.98. The van der Waals surface area contributed by atoms with Crippen molar-refractivity contribution in [3.63, 3.8) is 0 Å². The quantitative estimate of drug-likeness (QED) is 0.588. The number of nitrogens with one attached hydrogen (secondary N) is 1. The van der Waals surface area contributed by atoms with Gasteiger partial charge in [0.15, 0.2) is 11.5 Å². The Hall–Kier alpha value is -2.37. The van der Waals surface area contributed by atoms with Crippen LogP contribution in [-0.2, 0) is 9.53 Å². The van der Waals surface area contributed by atoms with Crippen LogP contribution in [0, 0.1) is 0 Å². The molecule has 1 rings (SSSR count). The van der Waals surface area contributed by atoms with Crippen LogP contribution in [0.4, 0.5) is 5.69 Å². The van der Waals surface area contributed by atoms with E-state index in [1.54, 1.807) is 46.6 Å². The summed E-state index contributed by atoms with van der Waals surface area (Å²) >= 11 is 0. The Labute approximate surface area is 131 Å². The average Bonchev–Trinajstić information content (AvgIpc) is 2.54. The fraction of sp³-hybridized carbons (Fsp3) is 0.438. The van der Waals surface area contributed by atoms with Crippen molar-refractivity contribution in [3.05, 3.63) is 23.9 Å². The first-order chi connectivity index (χ1) is 10.6. The zero-order valence-corrected chi connectivity index (χ0v) is 13.7. The fourth-order valence-corrected chi connectivity index (χ4v) is 1.86. The summed E-state index contributed by atoms with van der Waals surface area (Å²) in [5.41, 5.74) is 1.26. The maximum atomic E-state index is 11.7. The summed E-state index contributed by atoms with van der Waals surface area (Å²) in [5, 5.41) is 3.06. The van der Waals surface area contributed by atoms with E-state index < -0.39 is 0 Å². The molecule has 0 saturated heterocycles. The maximum absolute atomic E-state index is 11.7. The molecule has 0 aliphatic heterocycles. The first-order valence-corrected chi connectivity index (χ1v) is 7.03. The third-order valence-electron chi connectivity index (χ3n) is 3.00. The van der Waals surface area contributed by atoms with Crippen molar-refractivity contribution in [2.45, 2.75) is 20.3 Å². The normalized spacial score (nSPS) is 10.9. The lowest BCUT2D eigenvalue weighted by Gasteiger charge is -2.14. The van der Waals surface area contributed by atoms with E-state index in [0.717, 1.165) is 0 Å². The molecule has 122 valence electrons. The van der Waals surface area contributed by atoms with Gasteiger partial charge in [-0.15, -0.1) is 0 Å². The van der Waals surface area contributed by atoms with Crippen molar-refractivity contribution in [2.75, 3.05) is 33.3 Å². The molecule has 1 aromatic rings. The van der Waals surface area contributed by atoms with Gasteiger partial charge in [-0.3, -0.25) is 0 Å². The second-order valence-electron chi connectivity index (χ2n) is 4.30. The summed E-state index contributed by atoms with van der Waals surface area (Å²) < 4.78 is 20.8. The number of esters is 1. The predicted molar refractivity (Wildman–Crippen MR) is 84.7 cm³/mol. The molecule has 1 N–H and O–H groups in total. The van der Waals surface area contributed by atoms with Crippen LogP contribution in [0.3, 0.4) is 0 Å². The lowest BCUT2D eigenvalue weighted by Crippen LogP contribution is -2.08. The highest BCUT2D eigenvalue weighted by Crippen LogP contribution is 2.39. The molecule has 6 heteroatoms. The van der Waals surface area contributed by atoms with E-state index in [1.165, 1.54) is 0 Å². The summed E-state index contributed by atoms with van der Waals surface area (Å²) in [6.45, 7) is 4.01. The van der Waals surface area contributed by atoms with Crippen molar-refractivity contribution in [1.82, 2.24) is 0 Å². The number of ether oxygens (including phenoxy) is 4. The molecule has 0 aliphatic rings. The van der Waals surface area contributed by atoms with Crippen molar-refractivity contribution >= 4 is 11.7 Å². The Morgan fingerprint density at radius 1 is 1.09 bits per heavy atom. The van der Waals surface area contributed by atoms with E-state index in [2.05, 4.69) is 5.32 Å². The highest BCUT2D eigenvalue weighted by atomic mass is 16.5. The van der Waals surface area contributed by atoms with Gasteiger partial charge >= 0.3 is 5.97 Å². The number of hydrogen-bond donors (Lipinski definition) is 1.